The number of rotatable bonds is 1. The van der Waals surface area contributed by atoms with Crippen molar-refractivity contribution in [3.05, 3.63) is 40.3 Å². The SMILES string of the molecule is CC1OC(c2c[nH]c3c(=O)[nH]c4ccc(N)cc4c23)O1. The van der Waals surface area contributed by atoms with E-state index in [0.717, 1.165) is 21.9 Å². The van der Waals surface area contributed by atoms with Crippen molar-refractivity contribution in [2.75, 3.05) is 5.73 Å². The van der Waals surface area contributed by atoms with Crippen molar-refractivity contribution in [3.63, 3.8) is 0 Å². The monoisotopic (exact) mass is 271 g/mol. The first-order valence-electron chi connectivity index (χ1n) is 6.37. The van der Waals surface area contributed by atoms with Crippen LogP contribution in [0.2, 0.25) is 0 Å². The predicted octanol–water partition coefficient (Wildman–Crippen LogP) is 1.98. The van der Waals surface area contributed by atoms with Crippen molar-refractivity contribution in [3.8, 4) is 0 Å². The molecule has 6 heteroatoms. The molecule has 0 spiro atoms. The topological polar surface area (TPSA) is 93.1 Å². The van der Waals surface area contributed by atoms with Crippen LogP contribution in [0.1, 0.15) is 18.8 Å². The summed E-state index contributed by atoms with van der Waals surface area (Å²) in [6, 6.07) is 5.40. The molecule has 0 saturated carbocycles. The van der Waals surface area contributed by atoms with Crippen molar-refractivity contribution in [1.29, 1.82) is 0 Å². The number of aromatic amines is 2. The quantitative estimate of drug-likeness (QED) is 0.590. The van der Waals surface area contributed by atoms with Gasteiger partial charge in [0.2, 0.25) is 0 Å². The van der Waals surface area contributed by atoms with E-state index in [1.807, 2.05) is 13.0 Å². The van der Waals surface area contributed by atoms with Gasteiger partial charge in [0, 0.05) is 33.7 Å². The van der Waals surface area contributed by atoms with Gasteiger partial charge >= 0.3 is 0 Å². The fraction of sp³-hybridized carbons (Fsp3) is 0.214. The Morgan fingerprint density at radius 2 is 2.10 bits per heavy atom. The van der Waals surface area contributed by atoms with E-state index in [1.54, 1.807) is 18.3 Å². The maximum Gasteiger partial charge on any atom is 0.272 e. The molecule has 0 atom stereocenters. The molecule has 0 bridgehead atoms. The third-order valence-electron chi connectivity index (χ3n) is 3.58. The van der Waals surface area contributed by atoms with E-state index < -0.39 is 6.29 Å². The number of hydrogen-bond acceptors (Lipinski definition) is 4. The van der Waals surface area contributed by atoms with Gasteiger partial charge < -0.3 is 25.2 Å². The second kappa shape index (κ2) is 3.84. The Morgan fingerprint density at radius 3 is 2.85 bits per heavy atom. The molecule has 102 valence electrons. The number of benzene rings is 1. The molecule has 0 amide bonds. The lowest BCUT2D eigenvalue weighted by atomic mass is 10.1. The Balaban J connectivity index is 2.08. The van der Waals surface area contributed by atoms with Crippen LogP contribution < -0.4 is 11.3 Å². The number of nitrogens with two attached hydrogens (primary N) is 1. The van der Waals surface area contributed by atoms with E-state index in [1.165, 1.54) is 0 Å². The second-order valence-corrected chi connectivity index (χ2v) is 4.92. The molecule has 1 aliphatic heterocycles. The normalized spacial score (nSPS) is 22.2. The highest BCUT2D eigenvalue weighted by Crippen LogP contribution is 2.37. The molecular weight excluding hydrogens is 258 g/mol. The first-order valence-corrected chi connectivity index (χ1v) is 6.37. The van der Waals surface area contributed by atoms with Crippen molar-refractivity contribution < 1.29 is 9.47 Å². The number of pyridine rings is 1. The predicted molar refractivity (Wildman–Crippen MR) is 75.2 cm³/mol. The molecule has 0 unspecified atom stereocenters. The van der Waals surface area contributed by atoms with E-state index >= 15 is 0 Å². The van der Waals surface area contributed by atoms with Gasteiger partial charge in [0.15, 0.2) is 12.6 Å². The Kier molecular flexibility index (Phi) is 2.21. The molecule has 3 aromatic rings. The van der Waals surface area contributed by atoms with E-state index in [9.17, 15) is 4.79 Å². The van der Waals surface area contributed by atoms with Gasteiger partial charge in [0.25, 0.3) is 5.56 Å². The third kappa shape index (κ3) is 1.49. The van der Waals surface area contributed by atoms with Gasteiger partial charge in [-0.05, 0) is 25.1 Å². The number of nitrogen functional groups attached to an aromatic ring is 1. The molecule has 6 nitrogen and oxygen atoms in total. The molecule has 2 aromatic heterocycles. The lowest BCUT2D eigenvalue weighted by Crippen LogP contribution is -2.31. The lowest BCUT2D eigenvalue weighted by Gasteiger charge is -2.33. The van der Waals surface area contributed by atoms with Gasteiger partial charge in [0.05, 0.1) is 0 Å². The summed E-state index contributed by atoms with van der Waals surface area (Å²) in [5.41, 5.74) is 8.39. The number of nitrogens with one attached hydrogen (secondary N) is 2. The molecule has 1 fully saturated rings. The van der Waals surface area contributed by atoms with Crippen LogP contribution in [0.5, 0.6) is 0 Å². The summed E-state index contributed by atoms with van der Waals surface area (Å²) in [6.45, 7) is 1.83. The van der Waals surface area contributed by atoms with Crippen LogP contribution >= 0.6 is 0 Å². The zero-order valence-electron chi connectivity index (χ0n) is 10.8. The number of hydrogen-bond donors (Lipinski definition) is 3. The Bertz CT molecular complexity index is 874. The number of ether oxygens (including phenoxy) is 2. The molecular formula is C14H13N3O3. The molecule has 4 N–H and O–H groups in total. The smallest absolute Gasteiger partial charge is 0.272 e. The van der Waals surface area contributed by atoms with Gasteiger partial charge in [-0.1, -0.05) is 0 Å². The van der Waals surface area contributed by atoms with E-state index in [0.29, 0.717) is 11.2 Å². The highest BCUT2D eigenvalue weighted by molar-refractivity contribution is 6.07. The zero-order chi connectivity index (χ0) is 13.9. The first-order chi connectivity index (χ1) is 9.63. The van der Waals surface area contributed by atoms with E-state index in [-0.39, 0.29) is 11.8 Å². The maximum atomic E-state index is 12.1. The largest absolute Gasteiger partial charge is 0.399 e. The van der Waals surface area contributed by atoms with Crippen LogP contribution in [-0.4, -0.2) is 16.3 Å². The molecule has 0 radical (unpaired) electrons. The summed E-state index contributed by atoms with van der Waals surface area (Å²) < 4.78 is 11.0. The second-order valence-electron chi connectivity index (χ2n) is 4.92. The fourth-order valence-electron chi connectivity index (χ4n) is 2.66. The number of anilines is 1. The average Bonchev–Trinajstić information content (AvgIpc) is 2.81. The minimum atomic E-state index is -0.440. The number of H-pyrrole nitrogens is 2. The summed E-state index contributed by atoms with van der Waals surface area (Å²) in [4.78, 5) is 17.9. The Labute approximate surface area is 113 Å². The minimum absolute atomic E-state index is 0.170. The van der Waals surface area contributed by atoms with Crippen LogP contribution in [-0.2, 0) is 9.47 Å². The molecule has 4 rings (SSSR count). The highest BCUT2D eigenvalue weighted by Gasteiger charge is 2.31. The van der Waals surface area contributed by atoms with Crippen LogP contribution in [0, 0.1) is 0 Å². The molecule has 20 heavy (non-hydrogen) atoms. The number of fused-ring (bicyclic) bond motifs is 3. The number of aromatic nitrogens is 2. The van der Waals surface area contributed by atoms with Crippen molar-refractivity contribution >= 4 is 27.5 Å². The van der Waals surface area contributed by atoms with E-state index in [4.69, 9.17) is 15.2 Å². The van der Waals surface area contributed by atoms with Crippen molar-refractivity contribution in [1.82, 2.24) is 9.97 Å². The van der Waals surface area contributed by atoms with Crippen LogP contribution in [0.3, 0.4) is 0 Å². The standard InChI is InChI=1S/C14H13N3O3/c1-6-19-14(20-6)9-5-16-12-11(9)8-4-7(15)2-3-10(8)17-13(12)18/h2-6,14,16H,15H2,1H3,(H,17,18). The average molecular weight is 271 g/mol. The molecule has 1 aromatic carbocycles. The summed E-state index contributed by atoms with van der Waals surface area (Å²) >= 11 is 0. The molecule has 0 aliphatic carbocycles. The summed E-state index contributed by atoms with van der Waals surface area (Å²) in [5.74, 6) is 0. The Hall–Kier alpha value is -2.31. The fourth-order valence-corrected chi connectivity index (χ4v) is 2.66. The lowest BCUT2D eigenvalue weighted by molar-refractivity contribution is -0.382. The zero-order valence-corrected chi connectivity index (χ0v) is 10.8. The van der Waals surface area contributed by atoms with E-state index in [2.05, 4.69) is 9.97 Å². The van der Waals surface area contributed by atoms with Gasteiger partial charge in [-0.15, -0.1) is 0 Å². The van der Waals surface area contributed by atoms with Crippen molar-refractivity contribution in [2.24, 2.45) is 0 Å². The molecule has 1 aliphatic rings. The van der Waals surface area contributed by atoms with Gasteiger partial charge in [-0.25, -0.2) is 0 Å². The Morgan fingerprint density at radius 1 is 1.30 bits per heavy atom. The minimum Gasteiger partial charge on any atom is -0.399 e. The molecule has 1 saturated heterocycles. The molecule has 3 heterocycles. The van der Waals surface area contributed by atoms with Crippen molar-refractivity contribution in [2.45, 2.75) is 19.5 Å². The summed E-state index contributed by atoms with van der Waals surface area (Å²) in [7, 11) is 0. The van der Waals surface area contributed by atoms with Gasteiger partial charge in [0.1, 0.15) is 5.52 Å². The van der Waals surface area contributed by atoms with Gasteiger partial charge in [-0.2, -0.15) is 0 Å². The highest BCUT2D eigenvalue weighted by atomic mass is 16.9. The van der Waals surface area contributed by atoms with Crippen LogP contribution in [0.15, 0.2) is 29.2 Å². The third-order valence-corrected chi connectivity index (χ3v) is 3.58. The summed E-state index contributed by atoms with van der Waals surface area (Å²) in [6.07, 6.45) is 1.09. The first kappa shape index (κ1) is 11.5. The van der Waals surface area contributed by atoms with Crippen LogP contribution in [0.4, 0.5) is 5.69 Å². The van der Waals surface area contributed by atoms with Gasteiger partial charge in [-0.3, -0.25) is 4.79 Å². The van der Waals surface area contributed by atoms with Crippen LogP contribution in [0.25, 0.3) is 21.8 Å². The maximum absolute atomic E-state index is 12.1. The summed E-state index contributed by atoms with van der Waals surface area (Å²) in [5, 5.41) is 1.68.